The van der Waals surface area contributed by atoms with Gasteiger partial charge < -0.3 is 22.8 Å². The van der Waals surface area contributed by atoms with Gasteiger partial charge in [-0.15, -0.1) is 0 Å². The first-order valence-electron chi connectivity index (χ1n) is 3.75. The maximum atomic E-state index is 10.9. The second-order valence-corrected chi connectivity index (χ2v) is 5.23. The molecule has 0 amide bonds. The Hall–Kier alpha value is -0.330. The van der Waals surface area contributed by atoms with E-state index in [2.05, 4.69) is 0 Å². The number of halogens is 1. The summed E-state index contributed by atoms with van der Waals surface area (Å²) in [7, 11) is -2.87. The van der Waals surface area contributed by atoms with Gasteiger partial charge in [-0.25, -0.2) is 13.2 Å². The lowest BCUT2D eigenvalue weighted by Crippen LogP contribution is -3.00. The molecule has 78 valence electrons. The molecule has 0 aromatic rings. The van der Waals surface area contributed by atoms with Gasteiger partial charge in [0.1, 0.15) is 11.8 Å². The molecule has 3 N–H and O–H groups in total. The highest BCUT2D eigenvalue weighted by atomic mass is 35.5. The third-order valence-electron chi connectivity index (χ3n) is 1.89. The Labute approximate surface area is 82.8 Å². The van der Waals surface area contributed by atoms with Crippen molar-refractivity contribution in [2.75, 3.05) is 18.1 Å². The first kappa shape index (κ1) is 12.7. The standard InChI is InChI=1S/C6H11NO4S.ClH/c8-6(9)3-7-5-1-2-12(10,11)4-5;/h5,7H,1-4H2,(H,8,9);1H. The maximum absolute atomic E-state index is 10.9. The van der Waals surface area contributed by atoms with Crippen LogP contribution in [-0.2, 0) is 14.6 Å². The molecular weight excluding hydrogens is 218 g/mol. The number of aliphatic carboxylic acids is 1. The van der Waals surface area contributed by atoms with Crippen LogP contribution in [0.2, 0.25) is 0 Å². The van der Waals surface area contributed by atoms with Gasteiger partial charge in [0.05, 0.1) is 5.75 Å². The summed E-state index contributed by atoms with van der Waals surface area (Å²) in [6.45, 7) is -0.0415. The minimum atomic E-state index is -2.87. The van der Waals surface area contributed by atoms with Crippen molar-refractivity contribution in [1.29, 1.82) is 0 Å². The van der Waals surface area contributed by atoms with E-state index in [-0.39, 0.29) is 36.5 Å². The largest absolute Gasteiger partial charge is 1.00 e. The summed E-state index contributed by atoms with van der Waals surface area (Å²) < 4.78 is 21.8. The quantitative estimate of drug-likeness (QED) is 0.507. The van der Waals surface area contributed by atoms with Gasteiger partial charge in [0.2, 0.25) is 0 Å². The Morgan fingerprint density at radius 3 is 2.54 bits per heavy atom. The second-order valence-electron chi connectivity index (χ2n) is 3.00. The minimum absolute atomic E-state index is 0. The molecule has 0 saturated carbocycles. The highest BCUT2D eigenvalue weighted by molar-refractivity contribution is 7.91. The summed E-state index contributed by atoms with van der Waals surface area (Å²) in [4.78, 5) is 10.1. The van der Waals surface area contributed by atoms with Crippen molar-refractivity contribution >= 4 is 15.8 Å². The highest BCUT2D eigenvalue weighted by Gasteiger charge is 2.30. The van der Waals surface area contributed by atoms with Crippen LogP contribution in [0.25, 0.3) is 0 Å². The molecule has 1 fully saturated rings. The van der Waals surface area contributed by atoms with Gasteiger partial charge in [-0.3, -0.25) is 0 Å². The van der Waals surface area contributed by atoms with Gasteiger partial charge in [-0.2, -0.15) is 0 Å². The molecule has 1 rings (SSSR count). The molecule has 0 aromatic heterocycles. The van der Waals surface area contributed by atoms with Crippen LogP contribution in [0.1, 0.15) is 6.42 Å². The van der Waals surface area contributed by atoms with Gasteiger partial charge in [-0.1, -0.05) is 0 Å². The molecule has 0 aliphatic carbocycles. The summed E-state index contributed by atoms with van der Waals surface area (Å²) in [5, 5.41) is 9.90. The van der Waals surface area contributed by atoms with Crippen LogP contribution >= 0.6 is 0 Å². The molecule has 1 aliphatic rings. The predicted molar refractivity (Wildman–Crippen MR) is 41.5 cm³/mol. The van der Waals surface area contributed by atoms with Crippen molar-refractivity contribution in [2.45, 2.75) is 12.5 Å². The van der Waals surface area contributed by atoms with Gasteiger partial charge in [-0.05, 0) is 0 Å². The number of hydrogen-bond acceptors (Lipinski definition) is 3. The summed E-state index contributed by atoms with van der Waals surface area (Å²) in [6.07, 6.45) is 0.579. The monoisotopic (exact) mass is 229 g/mol. The topological polar surface area (TPSA) is 88.0 Å². The first-order valence-corrected chi connectivity index (χ1v) is 5.57. The highest BCUT2D eigenvalue weighted by Crippen LogP contribution is 2.07. The van der Waals surface area contributed by atoms with Crippen LogP contribution in [0.4, 0.5) is 0 Å². The average molecular weight is 230 g/mol. The Morgan fingerprint density at radius 1 is 1.54 bits per heavy atom. The molecule has 1 atom stereocenters. The number of rotatable bonds is 3. The lowest BCUT2D eigenvalue weighted by molar-refractivity contribution is -0.675. The van der Waals surface area contributed by atoms with Crippen molar-refractivity contribution < 1.29 is 36.0 Å². The van der Waals surface area contributed by atoms with Gasteiger partial charge in [0.25, 0.3) is 0 Å². The zero-order valence-electron chi connectivity index (χ0n) is 6.94. The fraction of sp³-hybridized carbons (Fsp3) is 0.833. The Balaban J connectivity index is 0.00000144. The number of carboxylic acid groups (broad SMARTS) is 1. The number of quaternary nitrogens is 1. The third-order valence-corrected chi connectivity index (χ3v) is 3.69. The molecule has 0 spiro atoms. The normalized spacial score (nSPS) is 25.1. The fourth-order valence-corrected chi connectivity index (χ4v) is 3.06. The van der Waals surface area contributed by atoms with Gasteiger partial charge >= 0.3 is 5.97 Å². The van der Waals surface area contributed by atoms with Crippen molar-refractivity contribution in [3.05, 3.63) is 0 Å². The third kappa shape index (κ3) is 4.44. The van der Waals surface area contributed by atoms with Crippen LogP contribution in [-0.4, -0.2) is 43.6 Å². The SMILES string of the molecule is O=C(O)C[NH2+]C1CCS(=O)(=O)C1.[Cl-]. The zero-order valence-corrected chi connectivity index (χ0v) is 8.51. The van der Waals surface area contributed by atoms with E-state index in [4.69, 9.17) is 5.11 Å². The van der Waals surface area contributed by atoms with E-state index in [1.807, 2.05) is 0 Å². The first-order chi connectivity index (χ1) is 5.49. The molecule has 13 heavy (non-hydrogen) atoms. The molecule has 0 aromatic carbocycles. The van der Waals surface area contributed by atoms with E-state index in [1.165, 1.54) is 0 Å². The molecule has 0 radical (unpaired) electrons. The predicted octanol–water partition coefficient (Wildman–Crippen LogP) is -5.17. The molecule has 0 bridgehead atoms. The fourth-order valence-electron chi connectivity index (χ4n) is 1.28. The van der Waals surface area contributed by atoms with Crippen molar-refractivity contribution in [3.8, 4) is 0 Å². The minimum Gasteiger partial charge on any atom is -1.00 e. The van der Waals surface area contributed by atoms with Crippen LogP contribution in [0.15, 0.2) is 0 Å². The molecule has 1 aliphatic heterocycles. The van der Waals surface area contributed by atoms with Crippen LogP contribution < -0.4 is 17.7 Å². The van der Waals surface area contributed by atoms with E-state index < -0.39 is 15.8 Å². The molecule has 1 unspecified atom stereocenters. The average Bonchev–Trinajstić information content (AvgIpc) is 2.26. The number of nitrogens with two attached hydrogens (primary N) is 1. The number of carbonyl (C=O) groups is 1. The lowest BCUT2D eigenvalue weighted by atomic mass is 10.3. The Kier molecular flexibility index (Phi) is 4.66. The van der Waals surface area contributed by atoms with E-state index in [9.17, 15) is 13.2 Å². The second kappa shape index (κ2) is 4.78. The Morgan fingerprint density at radius 2 is 2.15 bits per heavy atom. The summed E-state index contributed by atoms with van der Waals surface area (Å²) in [5.74, 6) is -0.576. The number of hydrogen-bond donors (Lipinski definition) is 2. The molecular formula is C6H12ClNO4S. The van der Waals surface area contributed by atoms with Crippen molar-refractivity contribution in [2.24, 2.45) is 0 Å². The van der Waals surface area contributed by atoms with E-state index in [0.717, 1.165) is 0 Å². The Bertz CT molecular complexity index is 276. The van der Waals surface area contributed by atoms with Crippen LogP contribution in [0.5, 0.6) is 0 Å². The van der Waals surface area contributed by atoms with Gasteiger partial charge in [0, 0.05) is 6.42 Å². The maximum Gasteiger partial charge on any atom is 0.359 e. The molecule has 7 heteroatoms. The van der Waals surface area contributed by atoms with E-state index in [1.54, 1.807) is 5.32 Å². The number of carboxylic acids is 1. The molecule has 1 saturated heterocycles. The molecule has 5 nitrogen and oxygen atoms in total. The van der Waals surface area contributed by atoms with Crippen LogP contribution in [0.3, 0.4) is 0 Å². The number of sulfone groups is 1. The summed E-state index contributed by atoms with van der Waals surface area (Å²) >= 11 is 0. The van der Waals surface area contributed by atoms with Crippen LogP contribution in [0, 0.1) is 0 Å². The van der Waals surface area contributed by atoms with E-state index >= 15 is 0 Å². The molecule has 1 heterocycles. The summed E-state index contributed by atoms with van der Waals surface area (Å²) in [6, 6.07) is -0.0499. The lowest BCUT2D eigenvalue weighted by Gasteiger charge is -2.03. The van der Waals surface area contributed by atoms with Crippen molar-refractivity contribution in [3.63, 3.8) is 0 Å². The van der Waals surface area contributed by atoms with E-state index in [0.29, 0.717) is 6.42 Å². The summed E-state index contributed by atoms with van der Waals surface area (Å²) in [5.41, 5.74) is 0. The van der Waals surface area contributed by atoms with Gasteiger partial charge in [0.15, 0.2) is 16.4 Å². The van der Waals surface area contributed by atoms with Crippen molar-refractivity contribution in [1.82, 2.24) is 0 Å². The smallest absolute Gasteiger partial charge is 0.359 e. The zero-order chi connectivity index (χ0) is 9.19.